The first kappa shape index (κ1) is 13.0. The summed E-state index contributed by atoms with van der Waals surface area (Å²) in [5, 5.41) is 0. The molecular weight excluding hydrogens is 182 g/mol. The normalized spacial score (nSPS) is 33.2. The van der Waals surface area contributed by atoms with Crippen LogP contribution in [0.1, 0.15) is 59.8 Å². The van der Waals surface area contributed by atoms with Gasteiger partial charge in [0.15, 0.2) is 0 Å². The van der Waals surface area contributed by atoms with Crippen LogP contribution in [0.3, 0.4) is 0 Å². The summed E-state index contributed by atoms with van der Waals surface area (Å²) in [4.78, 5) is 2.72. The second kappa shape index (κ2) is 6.52. The van der Waals surface area contributed by atoms with Crippen LogP contribution < -0.4 is 0 Å². The summed E-state index contributed by atoms with van der Waals surface area (Å²) < 4.78 is 0. The fourth-order valence-electron chi connectivity index (χ4n) is 2.87. The number of rotatable bonds is 5. The lowest BCUT2D eigenvalue weighted by Gasteiger charge is -2.41. The van der Waals surface area contributed by atoms with Crippen LogP contribution >= 0.6 is 0 Å². The second-order valence-electron chi connectivity index (χ2n) is 5.61. The highest BCUT2D eigenvalue weighted by Gasteiger charge is 2.27. The lowest BCUT2D eigenvalue weighted by Crippen LogP contribution is -2.45. The van der Waals surface area contributed by atoms with E-state index in [0.717, 1.165) is 17.9 Å². The van der Waals surface area contributed by atoms with Crippen molar-refractivity contribution >= 4 is 0 Å². The average molecular weight is 211 g/mol. The minimum Gasteiger partial charge on any atom is -0.300 e. The van der Waals surface area contributed by atoms with E-state index in [1.165, 1.54) is 45.2 Å². The minimum atomic E-state index is 0.808. The Labute approximate surface area is 96.2 Å². The summed E-state index contributed by atoms with van der Waals surface area (Å²) in [5.74, 6) is 1.79. The van der Waals surface area contributed by atoms with Crippen LogP contribution in [-0.2, 0) is 0 Å². The van der Waals surface area contributed by atoms with Gasteiger partial charge in [0, 0.05) is 12.6 Å². The maximum Gasteiger partial charge on any atom is 0.00927 e. The third-order valence-electron chi connectivity index (χ3n) is 4.02. The molecule has 0 aromatic heterocycles. The number of nitrogens with zero attached hydrogens (tertiary/aromatic N) is 1. The van der Waals surface area contributed by atoms with Crippen LogP contribution in [0.25, 0.3) is 0 Å². The van der Waals surface area contributed by atoms with Crippen molar-refractivity contribution in [3.05, 3.63) is 0 Å². The van der Waals surface area contributed by atoms with Gasteiger partial charge in [-0.05, 0) is 38.1 Å². The van der Waals surface area contributed by atoms with Crippen LogP contribution in [0, 0.1) is 11.8 Å². The fourth-order valence-corrected chi connectivity index (χ4v) is 2.87. The molecule has 1 rings (SSSR count). The zero-order valence-electron chi connectivity index (χ0n) is 11.1. The molecule has 0 radical (unpaired) electrons. The van der Waals surface area contributed by atoms with Gasteiger partial charge in [0.1, 0.15) is 0 Å². The maximum absolute atomic E-state index is 2.72. The van der Waals surface area contributed by atoms with Gasteiger partial charge in [0.05, 0.1) is 0 Å². The van der Waals surface area contributed by atoms with Gasteiger partial charge in [0.25, 0.3) is 0 Å². The largest absolute Gasteiger partial charge is 0.300 e. The van der Waals surface area contributed by atoms with E-state index in [1.807, 2.05) is 0 Å². The first-order valence-corrected chi connectivity index (χ1v) is 6.89. The molecule has 1 heterocycles. The Hall–Kier alpha value is -0.0400. The Morgan fingerprint density at radius 3 is 2.47 bits per heavy atom. The number of hydrogen-bond donors (Lipinski definition) is 0. The van der Waals surface area contributed by atoms with Crippen molar-refractivity contribution in [2.75, 3.05) is 13.1 Å². The van der Waals surface area contributed by atoms with E-state index in [9.17, 15) is 0 Å². The number of likely N-dealkylation sites (tertiary alicyclic amines) is 1. The molecule has 1 saturated heterocycles. The van der Waals surface area contributed by atoms with E-state index in [1.54, 1.807) is 0 Å². The van der Waals surface area contributed by atoms with Crippen molar-refractivity contribution < 1.29 is 0 Å². The molecule has 15 heavy (non-hydrogen) atoms. The molecule has 1 nitrogen and oxygen atoms in total. The molecule has 0 aromatic rings. The van der Waals surface area contributed by atoms with Gasteiger partial charge in [-0.15, -0.1) is 0 Å². The van der Waals surface area contributed by atoms with Crippen molar-refractivity contribution in [2.45, 2.75) is 65.8 Å². The number of piperidine rings is 1. The molecule has 0 aromatic carbocycles. The molecule has 1 heteroatoms. The van der Waals surface area contributed by atoms with E-state index in [2.05, 4.69) is 32.6 Å². The molecule has 0 saturated carbocycles. The highest BCUT2D eigenvalue weighted by molar-refractivity contribution is 4.81. The SMILES string of the molecule is CCCCCCN1CC(C)CC(C)C1C. The summed E-state index contributed by atoms with van der Waals surface area (Å²) in [6.07, 6.45) is 7.00. The highest BCUT2D eigenvalue weighted by Crippen LogP contribution is 2.26. The van der Waals surface area contributed by atoms with Gasteiger partial charge < -0.3 is 4.90 Å². The van der Waals surface area contributed by atoms with Crippen molar-refractivity contribution in [3.8, 4) is 0 Å². The standard InChI is InChI=1S/C14H29N/c1-5-6-7-8-9-15-11-12(2)10-13(3)14(15)4/h12-14H,5-11H2,1-4H3. The quantitative estimate of drug-likeness (QED) is 0.623. The van der Waals surface area contributed by atoms with E-state index in [4.69, 9.17) is 0 Å². The Bertz CT molecular complexity index is 167. The molecule has 0 aliphatic carbocycles. The summed E-state index contributed by atoms with van der Waals surface area (Å²) >= 11 is 0. The van der Waals surface area contributed by atoms with Crippen molar-refractivity contribution in [1.29, 1.82) is 0 Å². The Morgan fingerprint density at radius 2 is 1.80 bits per heavy atom. The summed E-state index contributed by atoms with van der Waals surface area (Å²) in [7, 11) is 0. The smallest absolute Gasteiger partial charge is 0.00927 e. The first-order chi connectivity index (χ1) is 7.15. The van der Waals surface area contributed by atoms with Gasteiger partial charge in [0.2, 0.25) is 0 Å². The monoisotopic (exact) mass is 211 g/mol. The van der Waals surface area contributed by atoms with E-state index >= 15 is 0 Å². The molecule has 1 aliphatic heterocycles. The van der Waals surface area contributed by atoms with Gasteiger partial charge in [-0.2, -0.15) is 0 Å². The number of unbranched alkanes of at least 4 members (excludes halogenated alkanes) is 3. The van der Waals surface area contributed by atoms with Gasteiger partial charge in [-0.3, -0.25) is 0 Å². The van der Waals surface area contributed by atoms with Crippen LogP contribution in [-0.4, -0.2) is 24.0 Å². The Kier molecular flexibility index (Phi) is 5.66. The summed E-state index contributed by atoms with van der Waals surface area (Å²) in [5.41, 5.74) is 0. The second-order valence-corrected chi connectivity index (χ2v) is 5.61. The van der Waals surface area contributed by atoms with Crippen molar-refractivity contribution in [1.82, 2.24) is 4.90 Å². The molecule has 90 valence electrons. The zero-order valence-corrected chi connectivity index (χ0v) is 11.1. The van der Waals surface area contributed by atoms with Gasteiger partial charge in [-0.1, -0.05) is 40.0 Å². The lowest BCUT2D eigenvalue weighted by atomic mass is 9.86. The minimum absolute atomic E-state index is 0.808. The Balaban J connectivity index is 2.26. The molecule has 3 atom stereocenters. The first-order valence-electron chi connectivity index (χ1n) is 6.89. The number of hydrogen-bond acceptors (Lipinski definition) is 1. The fraction of sp³-hybridized carbons (Fsp3) is 1.00. The van der Waals surface area contributed by atoms with E-state index in [0.29, 0.717) is 0 Å². The molecule has 0 spiro atoms. The molecule has 0 amide bonds. The van der Waals surface area contributed by atoms with E-state index < -0.39 is 0 Å². The summed E-state index contributed by atoms with van der Waals surface area (Å²) in [6, 6.07) is 0.808. The van der Waals surface area contributed by atoms with Crippen LogP contribution in [0.2, 0.25) is 0 Å². The lowest BCUT2D eigenvalue weighted by molar-refractivity contribution is 0.0781. The van der Waals surface area contributed by atoms with Crippen molar-refractivity contribution in [2.24, 2.45) is 11.8 Å². The topological polar surface area (TPSA) is 3.24 Å². The molecule has 0 bridgehead atoms. The maximum atomic E-state index is 2.72. The average Bonchev–Trinajstić information content (AvgIpc) is 2.19. The predicted octanol–water partition coefficient (Wildman–Crippen LogP) is 3.93. The predicted molar refractivity (Wildman–Crippen MR) is 68.1 cm³/mol. The third-order valence-corrected chi connectivity index (χ3v) is 4.02. The van der Waals surface area contributed by atoms with Gasteiger partial charge in [-0.25, -0.2) is 0 Å². The Morgan fingerprint density at radius 1 is 1.07 bits per heavy atom. The van der Waals surface area contributed by atoms with Crippen molar-refractivity contribution in [3.63, 3.8) is 0 Å². The molecular formula is C14H29N. The third kappa shape index (κ3) is 4.14. The van der Waals surface area contributed by atoms with Crippen LogP contribution in [0.15, 0.2) is 0 Å². The van der Waals surface area contributed by atoms with Gasteiger partial charge >= 0.3 is 0 Å². The van der Waals surface area contributed by atoms with Crippen LogP contribution in [0.5, 0.6) is 0 Å². The molecule has 1 fully saturated rings. The summed E-state index contributed by atoms with van der Waals surface area (Å²) in [6.45, 7) is 12.2. The highest BCUT2D eigenvalue weighted by atomic mass is 15.2. The van der Waals surface area contributed by atoms with E-state index in [-0.39, 0.29) is 0 Å². The zero-order chi connectivity index (χ0) is 11.3. The molecule has 0 N–H and O–H groups in total. The van der Waals surface area contributed by atoms with Crippen LogP contribution in [0.4, 0.5) is 0 Å². The molecule has 3 unspecified atom stereocenters. The molecule has 1 aliphatic rings.